The van der Waals surface area contributed by atoms with E-state index in [0.29, 0.717) is 17.5 Å². The van der Waals surface area contributed by atoms with Crippen molar-refractivity contribution < 1.29 is 35.1 Å². The minimum atomic E-state index is -4.60. The summed E-state index contributed by atoms with van der Waals surface area (Å²) in [6, 6.07) is 9.10. The lowest BCUT2D eigenvalue weighted by Gasteiger charge is -2.29. The Morgan fingerprint density at radius 2 is 1.74 bits per heavy atom. The summed E-state index contributed by atoms with van der Waals surface area (Å²) in [6.07, 6.45) is -4.75. The number of nitrogens with zero attached hydrogens (tertiary/aromatic N) is 2. The Bertz CT molecular complexity index is 1300. The number of aryl methyl sites for hydroxylation is 1. The highest BCUT2D eigenvalue weighted by Gasteiger charge is 2.33. The summed E-state index contributed by atoms with van der Waals surface area (Å²) in [5.41, 5.74) is 0.374. The summed E-state index contributed by atoms with van der Waals surface area (Å²) in [6.45, 7) is 0.193. The Morgan fingerprint density at radius 3 is 2.43 bits per heavy atom. The predicted octanol–water partition coefficient (Wildman–Crippen LogP) is 5.58. The van der Waals surface area contributed by atoms with Crippen LogP contribution in [0.4, 0.5) is 22.0 Å². The van der Waals surface area contributed by atoms with E-state index >= 15 is 0 Å². The van der Waals surface area contributed by atoms with Gasteiger partial charge in [-0.3, -0.25) is 0 Å². The zero-order valence-corrected chi connectivity index (χ0v) is 19.1. The number of aromatic nitrogens is 2. The van der Waals surface area contributed by atoms with Gasteiger partial charge in [0.2, 0.25) is 6.43 Å². The fourth-order valence-corrected chi connectivity index (χ4v) is 5.36. The topological polar surface area (TPSA) is 69.2 Å². The van der Waals surface area contributed by atoms with Gasteiger partial charge in [0.1, 0.15) is 17.3 Å². The van der Waals surface area contributed by atoms with Crippen molar-refractivity contribution in [2.45, 2.75) is 48.4 Å². The minimum Gasteiger partial charge on any atom is -0.493 e. The smallest absolute Gasteiger partial charge is 0.416 e. The van der Waals surface area contributed by atoms with Crippen molar-refractivity contribution in [1.82, 2.24) is 9.97 Å². The second-order valence-corrected chi connectivity index (χ2v) is 10.1. The van der Waals surface area contributed by atoms with E-state index in [1.165, 1.54) is 30.6 Å². The van der Waals surface area contributed by atoms with Crippen LogP contribution in [-0.2, 0) is 28.2 Å². The molecule has 2 aromatic carbocycles. The first-order valence-corrected chi connectivity index (χ1v) is 12.4. The number of ether oxygens (including phenoxy) is 1. The number of hydrogen-bond donors (Lipinski definition) is 0. The third kappa shape index (κ3) is 5.77. The standard InChI is InChI=1S/C24H21F5N2O3S/c25-22(26)7-2-15-12-16(24(27,28)29)3-5-18(15)19-8-11-34-21-13-17(4-6-20(19)21)35(32,33)14-23-30-9-1-10-31-23/h1,3-6,9-10,12-13,19,22H,2,7-8,11,14H2/t19-/m1/s1. The molecular weight excluding hydrogens is 491 g/mol. The average Bonchev–Trinajstić information content (AvgIpc) is 2.81. The molecule has 1 aromatic heterocycles. The van der Waals surface area contributed by atoms with Gasteiger partial charge in [0.15, 0.2) is 9.84 Å². The molecule has 5 nitrogen and oxygen atoms in total. The fourth-order valence-electron chi connectivity index (χ4n) is 4.15. The second kappa shape index (κ2) is 9.88. The average molecular weight is 513 g/mol. The number of rotatable bonds is 7. The van der Waals surface area contributed by atoms with Crippen molar-refractivity contribution in [3.05, 3.63) is 82.9 Å². The monoisotopic (exact) mass is 512 g/mol. The molecular formula is C24H21F5N2O3S. The van der Waals surface area contributed by atoms with Crippen LogP contribution in [0.5, 0.6) is 5.75 Å². The maximum atomic E-state index is 13.3. The van der Waals surface area contributed by atoms with Gasteiger partial charge in [-0.05, 0) is 54.3 Å². The predicted molar refractivity (Wildman–Crippen MR) is 117 cm³/mol. The molecule has 0 spiro atoms. The number of sulfone groups is 1. The van der Waals surface area contributed by atoms with Gasteiger partial charge >= 0.3 is 6.18 Å². The quantitative estimate of drug-likeness (QED) is 0.387. The number of halogens is 5. The molecule has 1 atom stereocenters. The first kappa shape index (κ1) is 25.0. The lowest BCUT2D eigenvalue weighted by molar-refractivity contribution is -0.137. The van der Waals surface area contributed by atoms with E-state index in [9.17, 15) is 30.4 Å². The van der Waals surface area contributed by atoms with Crippen molar-refractivity contribution in [3.8, 4) is 5.75 Å². The third-order valence-corrected chi connectivity index (χ3v) is 7.41. The van der Waals surface area contributed by atoms with E-state index in [-0.39, 0.29) is 35.1 Å². The van der Waals surface area contributed by atoms with E-state index in [1.54, 1.807) is 12.1 Å². The van der Waals surface area contributed by atoms with Crippen LogP contribution in [0.25, 0.3) is 0 Å². The Hall–Kier alpha value is -3.08. The number of alkyl halides is 5. The van der Waals surface area contributed by atoms with Crippen LogP contribution in [0, 0.1) is 0 Å². The van der Waals surface area contributed by atoms with E-state index in [4.69, 9.17) is 4.74 Å². The molecule has 0 fully saturated rings. The van der Waals surface area contributed by atoms with Crippen molar-refractivity contribution in [2.75, 3.05) is 6.61 Å². The molecule has 186 valence electrons. The third-order valence-electron chi connectivity index (χ3n) is 5.80. The van der Waals surface area contributed by atoms with Crippen LogP contribution >= 0.6 is 0 Å². The van der Waals surface area contributed by atoms with Gasteiger partial charge in [-0.25, -0.2) is 27.2 Å². The summed E-state index contributed by atoms with van der Waals surface area (Å²) in [4.78, 5) is 7.87. The van der Waals surface area contributed by atoms with Crippen LogP contribution in [0.2, 0.25) is 0 Å². The van der Waals surface area contributed by atoms with Crippen molar-refractivity contribution >= 4 is 9.84 Å². The van der Waals surface area contributed by atoms with E-state index in [0.717, 1.165) is 12.1 Å². The molecule has 0 saturated carbocycles. The summed E-state index contributed by atoms with van der Waals surface area (Å²) in [5, 5.41) is 0. The first-order valence-electron chi connectivity index (χ1n) is 10.8. The molecule has 0 bridgehead atoms. The molecule has 0 saturated heterocycles. The lowest BCUT2D eigenvalue weighted by Crippen LogP contribution is -2.18. The van der Waals surface area contributed by atoms with Crippen molar-refractivity contribution in [1.29, 1.82) is 0 Å². The van der Waals surface area contributed by atoms with Crippen LogP contribution in [-0.4, -0.2) is 31.4 Å². The number of benzene rings is 2. The van der Waals surface area contributed by atoms with Crippen LogP contribution in [0.3, 0.4) is 0 Å². The van der Waals surface area contributed by atoms with Crippen molar-refractivity contribution in [2.24, 2.45) is 0 Å². The summed E-state index contributed by atoms with van der Waals surface area (Å²) in [5.74, 6) is -0.413. The summed E-state index contributed by atoms with van der Waals surface area (Å²) < 4.78 is 96.9. The lowest BCUT2D eigenvalue weighted by atomic mass is 9.82. The molecule has 0 amide bonds. The zero-order chi connectivity index (χ0) is 25.2. The molecule has 0 unspecified atom stereocenters. The minimum absolute atomic E-state index is 0.00491. The van der Waals surface area contributed by atoms with Gasteiger partial charge in [-0.15, -0.1) is 0 Å². The summed E-state index contributed by atoms with van der Waals surface area (Å²) in [7, 11) is -3.79. The van der Waals surface area contributed by atoms with Gasteiger partial charge in [0.05, 0.1) is 17.1 Å². The number of fused-ring (bicyclic) bond motifs is 1. The molecule has 0 aliphatic carbocycles. The molecule has 0 radical (unpaired) electrons. The molecule has 35 heavy (non-hydrogen) atoms. The second-order valence-electron chi connectivity index (χ2n) is 8.15. The number of hydrogen-bond acceptors (Lipinski definition) is 5. The molecule has 11 heteroatoms. The maximum Gasteiger partial charge on any atom is 0.416 e. The maximum absolute atomic E-state index is 13.3. The molecule has 0 N–H and O–H groups in total. The van der Waals surface area contributed by atoms with E-state index in [1.807, 2.05) is 0 Å². The highest BCUT2D eigenvalue weighted by Crippen LogP contribution is 2.42. The van der Waals surface area contributed by atoms with Crippen LogP contribution < -0.4 is 4.74 Å². The van der Waals surface area contributed by atoms with Crippen LogP contribution in [0.1, 0.15) is 46.8 Å². The molecule has 3 aromatic rings. The van der Waals surface area contributed by atoms with E-state index in [2.05, 4.69) is 9.97 Å². The van der Waals surface area contributed by atoms with E-state index < -0.39 is 46.1 Å². The van der Waals surface area contributed by atoms with Gasteiger partial charge in [0.25, 0.3) is 0 Å². The SMILES string of the molecule is O=S(=O)(Cc1ncccn1)c1ccc2c(c1)OCC[C@@H]2c1ccc(C(F)(F)F)cc1CCC(F)F. The first-order chi connectivity index (χ1) is 16.5. The molecule has 1 aliphatic heterocycles. The highest BCUT2D eigenvalue weighted by molar-refractivity contribution is 7.90. The molecule has 1 aliphatic rings. The fraction of sp³-hybridized carbons (Fsp3) is 0.333. The van der Waals surface area contributed by atoms with Crippen molar-refractivity contribution in [3.63, 3.8) is 0 Å². The highest BCUT2D eigenvalue weighted by atomic mass is 32.2. The van der Waals surface area contributed by atoms with Gasteiger partial charge < -0.3 is 4.74 Å². The van der Waals surface area contributed by atoms with Gasteiger partial charge in [0, 0.05) is 30.3 Å². The zero-order valence-electron chi connectivity index (χ0n) is 18.3. The Kier molecular flexibility index (Phi) is 7.07. The molecule has 2 heterocycles. The Balaban J connectivity index is 1.69. The largest absolute Gasteiger partial charge is 0.493 e. The Labute approximate surface area is 198 Å². The molecule has 4 rings (SSSR count). The van der Waals surface area contributed by atoms with Gasteiger partial charge in [-0.2, -0.15) is 13.2 Å². The van der Waals surface area contributed by atoms with Gasteiger partial charge in [-0.1, -0.05) is 12.1 Å². The normalized spacial score (nSPS) is 16.1. The Morgan fingerprint density at radius 1 is 1.03 bits per heavy atom. The summed E-state index contributed by atoms with van der Waals surface area (Å²) >= 11 is 0. The van der Waals surface area contributed by atoms with Crippen LogP contribution in [0.15, 0.2) is 59.8 Å².